The molecule has 80 valence electrons. The first-order valence-electron chi connectivity index (χ1n) is 5.26. The van der Waals surface area contributed by atoms with E-state index in [9.17, 15) is 4.79 Å². The van der Waals surface area contributed by atoms with Crippen LogP contribution in [0.2, 0.25) is 0 Å². The summed E-state index contributed by atoms with van der Waals surface area (Å²) >= 11 is 0. The zero-order chi connectivity index (χ0) is 10.7. The monoisotopic (exact) mass is 205 g/mol. The smallest absolute Gasteiger partial charge is 0.283 e. The van der Waals surface area contributed by atoms with E-state index in [-0.39, 0.29) is 5.91 Å². The molecule has 0 saturated carbocycles. The molecule has 1 aromatic heterocycles. The summed E-state index contributed by atoms with van der Waals surface area (Å²) in [5, 5.41) is 1.98. The van der Waals surface area contributed by atoms with E-state index in [2.05, 4.69) is 17.3 Å². The number of hydrogen-bond acceptors (Lipinski definition) is 3. The van der Waals surface area contributed by atoms with Crippen LogP contribution in [0.5, 0.6) is 0 Å². The van der Waals surface area contributed by atoms with E-state index in [1.807, 2.05) is 11.1 Å². The molecule has 0 aromatic carbocycles. The zero-order valence-electron chi connectivity index (χ0n) is 8.81. The number of carbonyl (C=O) groups excluding carboxylic acids is 1. The van der Waals surface area contributed by atoms with Gasteiger partial charge in [-0.3, -0.25) is 15.2 Å². The summed E-state index contributed by atoms with van der Waals surface area (Å²) in [7, 11) is 0. The highest BCUT2D eigenvalue weighted by Gasteiger charge is 2.22. The van der Waals surface area contributed by atoms with Crippen molar-refractivity contribution in [1.82, 2.24) is 15.4 Å². The van der Waals surface area contributed by atoms with Gasteiger partial charge in [-0.15, -0.1) is 0 Å². The van der Waals surface area contributed by atoms with Crippen LogP contribution in [0.1, 0.15) is 30.3 Å². The highest BCUT2D eigenvalue weighted by atomic mass is 16.2. The zero-order valence-corrected chi connectivity index (χ0v) is 8.81. The lowest BCUT2D eigenvalue weighted by Gasteiger charge is -2.21. The normalized spacial score (nSPS) is 21.5. The van der Waals surface area contributed by atoms with E-state index in [1.54, 1.807) is 18.3 Å². The van der Waals surface area contributed by atoms with Gasteiger partial charge in [0.1, 0.15) is 5.69 Å². The van der Waals surface area contributed by atoms with Gasteiger partial charge in [0.15, 0.2) is 0 Å². The number of carbonyl (C=O) groups is 1. The van der Waals surface area contributed by atoms with Crippen LogP contribution in [0, 0.1) is 0 Å². The van der Waals surface area contributed by atoms with E-state index in [0.29, 0.717) is 11.7 Å². The Bertz CT molecular complexity index is 339. The molecule has 4 heteroatoms. The quantitative estimate of drug-likeness (QED) is 0.789. The molecule has 2 rings (SSSR count). The standard InChI is InChI=1S/C11H15N3O/c1-9-5-4-8-14(9)13-11(15)10-6-2-3-7-12-10/h2-3,6-7,9H,4-5,8H2,1H3,(H,13,15). The minimum absolute atomic E-state index is 0.121. The molecule has 1 aromatic rings. The Labute approximate surface area is 89.3 Å². The van der Waals surface area contributed by atoms with Crippen LogP contribution < -0.4 is 5.43 Å². The van der Waals surface area contributed by atoms with Crippen LogP contribution in [-0.4, -0.2) is 28.5 Å². The van der Waals surface area contributed by atoms with Crippen molar-refractivity contribution in [3.63, 3.8) is 0 Å². The lowest BCUT2D eigenvalue weighted by molar-refractivity contribution is 0.0771. The molecule has 1 aliphatic heterocycles. The molecule has 0 aliphatic carbocycles. The van der Waals surface area contributed by atoms with Gasteiger partial charge in [0.2, 0.25) is 0 Å². The van der Waals surface area contributed by atoms with Gasteiger partial charge in [-0.25, -0.2) is 5.01 Å². The van der Waals surface area contributed by atoms with Gasteiger partial charge < -0.3 is 0 Å². The van der Waals surface area contributed by atoms with E-state index < -0.39 is 0 Å². The predicted molar refractivity (Wildman–Crippen MR) is 57.1 cm³/mol. The van der Waals surface area contributed by atoms with Crippen LogP contribution >= 0.6 is 0 Å². The third-order valence-corrected chi connectivity index (χ3v) is 2.70. The lowest BCUT2D eigenvalue weighted by Crippen LogP contribution is -2.44. The first kappa shape index (κ1) is 10.1. The SMILES string of the molecule is CC1CCCN1NC(=O)c1ccccn1. The number of hydrazine groups is 1. The second kappa shape index (κ2) is 4.40. The molecule has 1 atom stereocenters. The molecule has 0 spiro atoms. The van der Waals surface area contributed by atoms with Gasteiger partial charge in [0, 0.05) is 18.8 Å². The van der Waals surface area contributed by atoms with E-state index in [4.69, 9.17) is 0 Å². The van der Waals surface area contributed by atoms with Crippen molar-refractivity contribution in [2.24, 2.45) is 0 Å². The molecule has 1 amide bonds. The highest BCUT2D eigenvalue weighted by molar-refractivity contribution is 5.91. The molecule has 1 aliphatic rings. The maximum atomic E-state index is 11.7. The maximum Gasteiger partial charge on any atom is 0.284 e. The number of rotatable bonds is 2. The first-order valence-corrected chi connectivity index (χ1v) is 5.26. The van der Waals surface area contributed by atoms with Crippen LogP contribution in [0.4, 0.5) is 0 Å². The van der Waals surface area contributed by atoms with Crippen molar-refractivity contribution >= 4 is 5.91 Å². The Morgan fingerprint density at radius 3 is 3.07 bits per heavy atom. The summed E-state index contributed by atoms with van der Waals surface area (Å²) in [6.45, 7) is 3.05. The molecule has 1 saturated heterocycles. The topological polar surface area (TPSA) is 45.2 Å². The molecule has 0 radical (unpaired) electrons. The summed E-state index contributed by atoms with van der Waals surface area (Å²) in [5.41, 5.74) is 3.35. The van der Waals surface area contributed by atoms with E-state index in [1.165, 1.54) is 0 Å². The number of aromatic nitrogens is 1. The van der Waals surface area contributed by atoms with Crippen molar-refractivity contribution in [3.8, 4) is 0 Å². The van der Waals surface area contributed by atoms with Crippen LogP contribution in [0.15, 0.2) is 24.4 Å². The van der Waals surface area contributed by atoms with Crippen molar-refractivity contribution in [2.75, 3.05) is 6.54 Å². The van der Waals surface area contributed by atoms with Crippen LogP contribution in [0.3, 0.4) is 0 Å². The predicted octanol–water partition coefficient (Wildman–Crippen LogP) is 1.21. The van der Waals surface area contributed by atoms with E-state index >= 15 is 0 Å². The van der Waals surface area contributed by atoms with Gasteiger partial charge in [0.25, 0.3) is 5.91 Å². The van der Waals surface area contributed by atoms with Gasteiger partial charge in [-0.2, -0.15) is 0 Å². The molecule has 1 N–H and O–H groups in total. The maximum absolute atomic E-state index is 11.7. The van der Waals surface area contributed by atoms with Gasteiger partial charge in [-0.05, 0) is 31.9 Å². The average molecular weight is 205 g/mol. The number of amides is 1. The summed E-state index contributed by atoms with van der Waals surface area (Å²) in [4.78, 5) is 15.7. The molecule has 1 unspecified atom stereocenters. The van der Waals surface area contributed by atoms with Crippen molar-refractivity contribution in [1.29, 1.82) is 0 Å². The number of nitrogens with one attached hydrogen (secondary N) is 1. The fourth-order valence-electron chi connectivity index (χ4n) is 1.78. The van der Waals surface area contributed by atoms with Crippen LogP contribution in [0.25, 0.3) is 0 Å². The Kier molecular flexibility index (Phi) is 2.97. The molecule has 15 heavy (non-hydrogen) atoms. The molecular formula is C11H15N3O. The van der Waals surface area contributed by atoms with E-state index in [0.717, 1.165) is 19.4 Å². The second-order valence-electron chi connectivity index (χ2n) is 3.84. The summed E-state index contributed by atoms with van der Waals surface area (Å²) in [6.07, 6.45) is 3.91. The molecule has 4 nitrogen and oxygen atoms in total. The lowest BCUT2D eigenvalue weighted by atomic mass is 10.3. The van der Waals surface area contributed by atoms with Gasteiger partial charge in [0.05, 0.1) is 0 Å². The number of pyridine rings is 1. The minimum atomic E-state index is -0.121. The summed E-state index contributed by atoms with van der Waals surface area (Å²) < 4.78 is 0. The third-order valence-electron chi connectivity index (χ3n) is 2.70. The number of nitrogens with zero attached hydrogens (tertiary/aromatic N) is 2. The summed E-state index contributed by atoms with van der Waals surface area (Å²) in [6, 6.07) is 5.76. The Morgan fingerprint density at radius 1 is 1.60 bits per heavy atom. The van der Waals surface area contributed by atoms with Crippen molar-refractivity contribution < 1.29 is 4.79 Å². The van der Waals surface area contributed by atoms with Gasteiger partial charge >= 0.3 is 0 Å². The van der Waals surface area contributed by atoms with Crippen LogP contribution in [-0.2, 0) is 0 Å². The highest BCUT2D eigenvalue weighted by Crippen LogP contribution is 2.13. The molecular weight excluding hydrogens is 190 g/mol. The molecule has 2 heterocycles. The van der Waals surface area contributed by atoms with Crippen molar-refractivity contribution in [3.05, 3.63) is 30.1 Å². The fourth-order valence-corrected chi connectivity index (χ4v) is 1.78. The Balaban J connectivity index is 1.98. The molecule has 0 bridgehead atoms. The van der Waals surface area contributed by atoms with Crippen molar-refractivity contribution in [2.45, 2.75) is 25.8 Å². The fraction of sp³-hybridized carbons (Fsp3) is 0.455. The summed E-state index contributed by atoms with van der Waals surface area (Å²) in [5.74, 6) is -0.121. The largest absolute Gasteiger partial charge is 0.284 e. The number of hydrogen-bond donors (Lipinski definition) is 1. The van der Waals surface area contributed by atoms with Gasteiger partial charge in [-0.1, -0.05) is 6.07 Å². The Morgan fingerprint density at radius 2 is 2.47 bits per heavy atom. The second-order valence-corrected chi connectivity index (χ2v) is 3.84. The first-order chi connectivity index (χ1) is 7.27. The Hall–Kier alpha value is -1.42. The average Bonchev–Trinajstić information content (AvgIpc) is 2.66. The molecule has 1 fully saturated rings. The minimum Gasteiger partial charge on any atom is -0.283 e. The third kappa shape index (κ3) is 2.33.